The fourth-order valence-corrected chi connectivity index (χ4v) is 2.79. The van der Waals surface area contributed by atoms with Crippen molar-refractivity contribution in [3.63, 3.8) is 0 Å². The van der Waals surface area contributed by atoms with Crippen molar-refractivity contribution in [2.24, 2.45) is 0 Å². The quantitative estimate of drug-likeness (QED) is 0.534. The second-order valence-electron chi connectivity index (χ2n) is 6.44. The molecule has 0 amide bonds. The van der Waals surface area contributed by atoms with Gasteiger partial charge in [0.25, 0.3) is 0 Å². The van der Waals surface area contributed by atoms with Crippen molar-refractivity contribution in [3.05, 3.63) is 40.6 Å². The molecule has 2 atom stereocenters. The lowest BCUT2D eigenvalue weighted by atomic mass is 10.1. The van der Waals surface area contributed by atoms with E-state index in [-0.39, 0.29) is 34.4 Å². The van der Waals surface area contributed by atoms with Gasteiger partial charge in [-0.2, -0.15) is 0 Å². The highest BCUT2D eigenvalue weighted by atomic mass is 16.6. The molecule has 134 valence electrons. The maximum Gasteiger partial charge on any atom is 0.204 e. The van der Waals surface area contributed by atoms with Crippen LogP contribution in [0.25, 0.3) is 21.9 Å². The molecule has 2 aromatic carbocycles. The summed E-state index contributed by atoms with van der Waals surface area (Å²) in [4.78, 5) is 12.8. The summed E-state index contributed by atoms with van der Waals surface area (Å²) in [5.74, 6) is 0.809. The Balaban J connectivity index is 1.54. The standard InChI is InChI=1S/C19H16O7/c20-15-4-11(23-7-13-9-25-13)5-17-18(15)19(21)14-3-10(1-2-16(14)26-17)22-6-12-8-24-12/h1-5,12-13,20H,6-9H2. The van der Waals surface area contributed by atoms with Gasteiger partial charge in [0.1, 0.15) is 59.2 Å². The van der Waals surface area contributed by atoms with Crippen molar-refractivity contribution in [3.8, 4) is 17.2 Å². The second-order valence-corrected chi connectivity index (χ2v) is 6.44. The first kappa shape index (κ1) is 15.5. The van der Waals surface area contributed by atoms with E-state index in [1.165, 1.54) is 6.07 Å². The minimum Gasteiger partial charge on any atom is -0.507 e. The average molecular weight is 356 g/mol. The molecule has 1 aromatic heterocycles. The van der Waals surface area contributed by atoms with Crippen molar-refractivity contribution >= 4 is 21.9 Å². The number of fused-ring (bicyclic) bond motifs is 2. The number of ether oxygens (including phenoxy) is 4. The predicted molar refractivity (Wildman–Crippen MR) is 92.1 cm³/mol. The van der Waals surface area contributed by atoms with Gasteiger partial charge in [-0.3, -0.25) is 4.79 Å². The molecule has 0 radical (unpaired) electrons. The third kappa shape index (κ3) is 2.95. The molecule has 3 heterocycles. The molecular formula is C19H16O7. The van der Waals surface area contributed by atoms with Crippen LogP contribution >= 0.6 is 0 Å². The Morgan fingerprint density at radius 2 is 1.65 bits per heavy atom. The summed E-state index contributed by atoms with van der Waals surface area (Å²) in [6, 6.07) is 8.06. The summed E-state index contributed by atoms with van der Waals surface area (Å²) in [6.07, 6.45) is 0.220. The molecule has 3 aromatic rings. The summed E-state index contributed by atoms with van der Waals surface area (Å²) in [7, 11) is 0. The molecule has 7 nitrogen and oxygen atoms in total. The number of hydrogen-bond acceptors (Lipinski definition) is 7. The van der Waals surface area contributed by atoms with E-state index in [2.05, 4.69) is 0 Å². The lowest BCUT2D eigenvalue weighted by Crippen LogP contribution is -2.07. The molecule has 2 saturated heterocycles. The zero-order chi connectivity index (χ0) is 17.7. The van der Waals surface area contributed by atoms with Crippen LogP contribution in [0, 0.1) is 0 Å². The van der Waals surface area contributed by atoms with E-state index >= 15 is 0 Å². The second kappa shape index (κ2) is 5.89. The summed E-state index contributed by atoms with van der Waals surface area (Å²) in [5.41, 5.74) is 0.373. The van der Waals surface area contributed by atoms with E-state index in [1.54, 1.807) is 24.3 Å². The monoisotopic (exact) mass is 356 g/mol. The largest absolute Gasteiger partial charge is 0.507 e. The normalized spacial score (nSPS) is 21.1. The number of phenols is 1. The van der Waals surface area contributed by atoms with Crippen LogP contribution in [0.15, 0.2) is 39.5 Å². The molecule has 26 heavy (non-hydrogen) atoms. The first-order chi connectivity index (χ1) is 12.7. The van der Waals surface area contributed by atoms with Gasteiger partial charge in [0.2, 0.25) is 5.43 Å². The Labute approximate surface area is 147 Å². The topological polar surface area (TPSA) is 94.0 Å². The van der Waals surface area contributed by atoms with Gasteiger partial charge in [-0.05, 0) is 18.2 Å². The van der Waals surface area contributed by atoms with Crippen LogP contribution in [0.5, 0.6) is 17.2 Å². The van der Waals surface area contributed by atoms with E-state index in [1.807, 2.05) is 0 Å². The van der Waals surface area contributed by atoms with Crippen molar-refractivity contribution < 1.29 is 28.5 Å². The van der Waals surface area contributed by atoms with Gasteiger partial charge in [-0.1, -0.05) is 0 Å². The smallest absolute Gasteiger partial charge is 0.204 e. The Morgan fingerprint density at radius 1 is 0.962 bits per heavy atom. The molecular weight excluding hydrogens is 340 g/mol. The molecule has 5 rings (SSSR count). The third-order valence-corrected chi connectivity index (χ3v) is 4.37. The van der Waals surface area contributed by atoms with E-state index < -0.39 is 0 Å². The SMILES string of the molecule is O=c1c2cc(OCC3CO3)ccc2oc2cc(OCC3CO3)cc(O)c12. The maximum atomic E-state index is 12.8. The van der Waals surface area contributed by atoms with Gasteiger partial charge < -0.3 is 28.5 Å². The molecule has 7 heteroatoms. The fourth-order valence-electron chi connectivity index (χ4n) is 2.79. The first-order valence-corrected chi connectivity index (χ1v) is 8.40. The zero-order valence-electron chi connectivity index (χ0n) is 13.8. The van der Waals surface area contributed by atoms with Crippen molar-refractivity contribution in [1.82, 2.24) is 0 Å². The van der Waals surface area contributed by atoms with Crippen LogP contribution in [0.3, 0.4) is 0 Å². The van der Waals surface area contributed by atoms with Gasteiger partial charge in [0.15, 0.2) is 0 Å². The van der Waals surface area contributed by atoms with Crippen LogP contribution in [-0.4, -0.2) is 43.7 Å². The van der Waals surface area contributed by atoms with E-state index in [4.69, 9.17) is 23.4 Å². The minimum absolute atomic E-state index is 0.0934. The molecule has 2 unspecified atom stereocenters. The Morgan fingerprint density at radius 3 is 2.35 bits per heavy atom. The summed E-state index contributed by atoms with van der Waals surface area (Å²) in [5, 5.41) is 10.8. The lowest BCUT2D eigenvalue weighted by molar-refractivity contribution is 0.262. The highest BCUT2D eigenvalue weighted by Crippen LogP contribution is 2.32. The molecule has 0 spiro atoms. The molecule has 0 aliphatic carbocycles. The van der Waals surface area contributed by atoms with Gasteiger partial charge in [0, 0.05) is 12.1 Å². The number of hydrogen-bond donors (Lipinski definition) is 1. The number of benzene rings is 2. The summed E-state index contributed by atoms with van der Waals surface area (Å²) >= 11 is 0. The summed E-state index contributed by atoms with van der Waals surface area (Å²) < 4.78 is 27.2. The molecule has 2 aliphatic heterocycles. The maximum absolute atomic E-state index is 12.8. The lowest BCUT2D eigenvalue weighted by Gasteiger charge is -2.09. The van der Waals surface area contributed by atoms with Gasteiger partial charge in [-0.25, -0.2) is 0 Å². The van der Waals surface area contributed by atoms with E-state index in [0.29, 0.717) is 48.9 Å². The highest BCUT2D eigenvalue weighted by molar-refractivity contribution is 5.94. The minimum atomic E-state index is -0.316. The number of epoxide rings is 2. The first-order valence-electron chi connectivity index (χ1n) is 8.40. The molecule has 1 N–H and O–H groups in total. The fraction of sp³-hybridized carbons (Fsp3) is 0.316. The molecule has 2 fully saturated rings. The average Bonchev–Trinajstić information content (AvgIpc) is 3.53. The molecule has 2 aliphatic rings. The van der Waals surface area contributed by atoms with Crippen LogP contribution < -0.4 is 14.9 Å². The number of rotatable bonds is 6. The molecule has 0 saturated carbocycles. The van der Waals surface area contributed by atoms with Gasteiger partial charge in [0.05, 0.1) is 18.6 Å². The number of aromatic hydroxyl groups is 1. The van der Waals surface area contributed by atoms with Gasteiger partial charge in [-0.15, -0.1) is 0 Å². The Bertz CT molecular complexity index is 1050. The predicted octanol–water partition coefficient (Wildman–Crippen LogP) is 2.21. The highest BCUT2D eigenvalue weighted by Gasteiger charge is 2.24. The van der Waals surface area contributed by atoms with E-state index in [0.717, 1.165) is 0 Å². The van der Waals surface area contributed by atoms with Crippen molar-refractivity contribution in [2.45, 2.75) is 12.2 Å². The number of phenolic OH excluding ortho intramolecular Hbond substituents is 1. The Kier molecular flexibility index (Phi) is 3.51. The van der Waals surface area contributed by atoms with Crippen LogP contribution in [0.1, 0.15) is 0 Å². The van der Waals surface area contributed by atoms with Crippen LogP contribution in [0.4, 0.5) is 0 Å². The van der Waals surface area contributed by atoms with Crippen molar-refractivity contribution in [2.75, 3.05) is 26.4 Å². The third-order valence-electron chi connectivity index (χ3n) is 4.37. The van der Waals surface area contributed by atoms with Crippen LogP contribution in [-0.2, 0) is 9.47 Å². The zero-order valence-corrected chi connectivity index (χ0v) is 13.8. The summed E-state index contributed by atoms with van der Waals surface area (Å²) in [6.45, 7) is 2.22. The van der Waals surface area contributed by atoms with E-state index in [9.17, 15) is 9.90 Å². The van der Waals surface area contributed by atoms with Gasteiger partial charge >= 0.3 is 0 Å². The van der Waals surface area contributed by atoms with Crippen molar-refractivity contribution in [1.29, 1.82) is 0 Å². The Hall–Kier alpha value is -2.77. The van der Waals surface area contributed by atoms with Crippen LogP contribution in [0.2, 0.25) is 0 Å². The molecule has 0 bridgehead atoms.